The normalized spacial score (nSPS) is 9.79. The zero-order valence-electron chi connectivity index (χ0n) is 11.2. The highest BCUT2D eigenvalue weighted by Crippen LogP contribution is 2.26. The van der Waals surface area contributed by atoms with Crippen molar-refractivity contribution in [2.75, 3.05) is 11.4 Å². The smallest absolute Gasteiger partial charge is 0.253 e. The van der Waals surface area contributed by atoms with Crippen molar-refractivity contribution in [2.24, 2.45) is 0 Å². The van der Waals surface area contributed by atoms with Crippen LogP contribution in [0.5, 0.6) is 0 Å². The Morgan fingerprint density at radius 2 is 2.16 bits per heavy atom. The average molecular weight is 277 g/mol. The van der Waals surface area contributed by atoms with Gasteiger partial charge in [0.1, 0.15) is 6.07 Å². The third-order valence-corrected chi connectivity index (χ3v) is 3.03. The van der Waals surface area contributed by atoms with Gasteiger partial charge in [-0.05, 0) is 31.0 Å². The molecule has 19 heavy (non-hydrogen) atoms. The molecule has 0 unspecified atom stereocenters. The molecule has 0 atom stereocenters. The van der Waals surface area contributed by atoms with E-state index in [-0.39, 0.29) is 5.91 Å². The van der Waals surface area contributed by atoms with Gasteiger partial charge in [-0.15, -0.1) is 0 Å². The fraction of sp³-hybridized carbons (Fsp3) is 0.333. The molecule has 0 saturated heterocycles. The van der Waals surface area contributed by atoms with Crippen LogP contribution in [-0.2, 0) is 4.79 Å². The van der Waals surface area contributed by atoms with Gasteiger partial charge in [-0.25, -0.2) is 0 Å². The number of hydrogen-bond acceptors (Lipinski definition) is 2. The van der Waals surface area contributed by atoms with Gasteiger partial charge in [-0.3, -0.25) is 4.79 Å². The van der Waals surface area contributed by atoms with Gasteiger partial charge < -0.3 is 4.90 Å². The lowest BCUT2D eigenvalue weighted by Gasteiger charge is -2.24. The second-order valence-corrected chi connectivity index (χ2v) is 4.62. The molecule has 0 aliphatic rings. The summed E-state index contributed by atoms with van der Waals surface area (Å²) in [5.74, 6) is -0.150. The van der Waals surface area contributed by atoms with Crippen molar-refractivity contribution in [2.45, 2.75) is 26.7 Å². The van der Waals surface area contributed by atoms with Crippen LogP contribution in [0.1, 0.15) is 32.3 Å². The van der Waals surface area contributed by atoms with E-state index in [9.17, 15) is 4.79 Å². The molecular weight excluding hydrogens is 260 g/mol. The van der Waals surface area contributed by atoms with Crippen molar-refractivity contribution in [3.63, 3.8) is 0 Å². The Balaban J connectivity index is 3.26. The molecule has 1 rings (SSSR count). The maximum Gasteiger partial charge on any atom is 0.253 e. The summed E-state index contributed by atoms with van der Waals surface area (Å²) in [5.41, 5.74) is 1.52. The average Bonchev–Trinajstić information content (AvgIpc) is 2.43. The first-order valence-corrected chi connectivity index (χ1v) is 6.62. The van der Waals surface area contributed by atoms with Gasteiger partial charge in [0.05, 0.1) is 11.3 Å². The van der Waals surface area contributed by atoms with E-state index in [2.05, 4.69) is 12.6 Å². The number of hydrogen-bond donors (Lipinski definition) is 0. The number of carbonyl (C=O) groups excluding carboxylic acids is 1. The number of rotatable bonds is 5. The minimum Gasteiger partial charge on any atom is -0.307 e. The molecule has 4 heteroatoms. The van der Waals surface area contributed by atoms with E-state index < -0.39 is 0 Å². The summed E-state index contributed by atoms with van der Waals surface area (Å²) in [6, 6.07) is 7.01. The molecular formula is C15H17ClN2O. The molecule has 100 valence electrons. The molecule has 1 aromatic carbocycles. The molecule has 0 heterocycles. The highest BCUT2D eigenvalue weighted by atomic mass is 35.5. The Morgan fingerprint density at radius 1 is 1.47 bits per heavy atom. The van der Waals surface area contributed by atoms with Crippen molar-refractivity contribution in [3.8, 4) is 6.07 Å². The topological polar surface area (TPSA) is 44.1 Å². The number of benzene rings is 1. The van der Waals surface area contributed by atoms with Crippen LogP contribution in [0, 0.1) is 11.3 Å². The molecule has 0 radical (unpaired) electrons. The first-order chi connectivity index (χ1) is 9.04. The third kappa shape index (κ3) is 3.59. The lowest BCUT2D eigenvalue weighted by atomic mass is 10.1. The first-order valence-electron chi connectivity index (χ1n) is 6.24. The van der Waals surface area contributed by atoms with E-state index in [0.717, 1.165) is 6.42 Å². The number of halogens is 1. The Labute approximate surface area is 119 Å². The maximum atomic E-state index is 12.3. The van der Waals surface area contributed by atoms with Gasteiger partial charge in [0, 0.05) is 17.1 Å². The molecule has 0 bridgehead atoms. The summed E-state index contributed by atoms with van der Waals surface area (Å²) < 4.78 is 0. The van der Waals surface area contributed by atoms with Gasteiger partial charge in [0.2, 0.25) is 0 Å². The Bertz CT molecular complexity index is 531. The minimum absolute atomic E-state index is 0.150. The zero-order chi connectivity index (χ0) is 14.4. The van der Waals surface area contributed by atoms with Crippen LogP contribution in [0.25, 0.3) is 0 Å². The van der Waals surface area contributed by atoms with Crippen LogP contribution in [0.3, 0.4) is 0 Å². The monoisotopic (exact) mass is 276 g/mol. The van der Waals surface area contributed by atoms with Crippen LogP contribution in [0.4, 0.5) is 5.69 Å². The summed E-state index contributed by atoms with van der Waals surface area (Å²) in [5, 5.41) is 9.66. The summed E-state index contributed by atoms with van der Waals surface area (Å²) in [6.07, 6.45) is 1.38. The van der Waals surface area contributed by atoms with Gasteiger partial charge >= 0.3 is 0 Å². The quantitative estimate of drug-likeness (QED) is 0.765. The molecule has 1 aromatic rings. The van der Waals surface area contributed by atoms with Crippen molar-refractivity contribution in [3.05, 3.63) is 40.9 Å². The van der Waals surface area contributed by atoms with Crippen molar-refractivity contribution in [1.29, 1.82) is 5.26 Å². The highest BCUT2D eigenvalue weighted by Gasteiger charge is 2.20. The molecule has 1 amide bonds. The van der Waals surface area contributed by atoms with Crippen LogP contribution in [0.2, 0.25) is 5.02 Å². The fourth-order valence-corrected chi connectivity index (χ4v) is 1.89. The molecule has 0 fully saturated rings. The van der Waals surface area contributed by atoms with Gasteiger partial charge in [0.15, 0.2) is 0 Å². The maximum absolute atomic E-state index is 12.3. The zero-order valence-corrected chi connectivity index (χ0v) is 12.0. The second kappa shape index (κ2) is 6.96. The lowest BCUT2D eigenvalue weighted by molar-refractivity contribution is -0.115. The minimum atomic E-state index is -0.150. The van der Waals surface area contributed by atoms with Gasteiger partial charge in [-0.2, -0.15) is 5.26 Å². The summed E-state index contributed by atoms with van der Waals surface area (Å²) in [4.78, 5) is 13.9. The largest absolute Gasteiger partial charge is 0.307 e. The standard InChI is InChI=1S/C15H17ClN2O/c1-4-8-18(15(19)11(3)5-2)14-9-13(16)7-6-12(14)10-17/h6-7,9H,3-5,8H2,1-2H3. The van der Waals surface area contributed by atoms with Crippen LogP contribution < -0.4 is 4.90 Å². The molecule has 0 N–H and O–H groups in total. The molecule has 3 nitrogen and oxygen atoms in total. The Kier molecular flexibility index (Phi) is 5.59. The first kappa shape index (κ1) is 15.3. The van der Waals surface area contributed by atoms with Crippen LogP contribution in [-0.4, -0.2) is 12.5 Å². The van der Waals surface area contributed by atoms with E-state index in [0.29, 0.717) is 34.8 Å². The predicted molar refractivity (Wildman–Crippen MR) is 78.2 cm³/mol. The van der Waals surface area contributed by atoms with Crippen LogP contribution in [0.15, 0.2) is 30.4 Å². The lowest BCUT2D eigenvalue weighted by Crippen LogP contribution is -2.33. The fourth-order valence-electron chi connectivity index (χ4n) is 1.72. The summed E-state index contributed by atoms with van der Waals surface area (Å²) in [6.45, 7) is 8.17. The number of nitriles is 1. The number of amides is 1. The van der Waals surface area contributed by atoms with E-state index in [1.807, 2.05) is 13.8 Å². The number of carbonyl (C=O) groups is 1. The molecule has 0 aromatic heterocycles. The SMILES string of the molecule is C=C(CC)C(=O)N(CCC)c1cc(Cl)ccc1C#N. The number of anilines is 1. The third-order valence-electron chi connectivity index (χ3n) is 2.79. The summed E-state index contributed by atoms with van der Waals surface area (Å²) >= 11 is 5.97. The van der Waals surface area contributed by atoms with Crippen LogP contribution >= 0.6 is 11.6 Å². The van der Waals surface area contributed by atoms with E-state index >= 15 is 0 Å². The Morgan fingerprint density at radius 3 is 2.68 bits per heavy atom. The molecule has 0 aliphatic heterocycles. The van der Waals surface area contributed by atoms with E-state index in [1.54, 1.807) is 23.1 Å². The molecule has 0 saturated carbocycles. The second-order valence-electron chi connectivity index (χ2n) is 4.19. The Hall–Kier alpha value is -1.79. The molecule has 0 spiro atoms. The van der Waals surface area contributed by atoms with E-state index in [1.165, 1.54) is 0 Å². The van der Waals surface area contributed by atoms with Gasteiger partial charge in [-0.1, -0.05) is 32.0 Å². The predicted octanol–water partition coefficient (Wildman–Crippen LogP) is 3.92. The van der Waals surface area contributed by atoms with Gasteiger partial charge in [0.25, 0.3) is 5.91 Å². The van der Waals surface area contributed by atoms with Crippen molar-refractivity contribution >= 4 is 23.2 Å². The van der Waals surface area contributed by atoms with Crippen molar-refractivity contribution < 1.29 is 4.79 Å². The van der Waals surface area contributed by atoms with E-state index in [4.69, 9.17) is 16.9 Å². The number of nitrogens with zero attached hydrogens (tertiary/aromatic N) is 2. The highest BCUT2D eigenvalue weighted by molar-refractivity contribution is 6.31. The van der Waals surface area contributed by atoms with Crippen molar-refractivity contribution in [1.82, 2.24) is 0 Å². The molecule has 0 aliphatic carbocycles. The summed E-state index contributed by atoms with van der Waals surface area (Å²) in [7, 11) is 0.